The molecule has 2 aromatic rings. The van der Waals surface area contributed by atoms with Crippen LogP contribution in [0.2, 0.25) is 0 Å². The highest BCUT2D eigenvalue weighted by Crippen LogP contribution is 2.34. The summed E-state index contributed by atoms with van der Waals surface area (Å²) in [6, 6.07) is 11.3. The number of fused-ring (bicyclic) bond motifs is 1. The topological polar surface area (TPSA) is 92.7 Å². The second-order valence-corrected chi connectivity index (χ2v) is 7.78. The summed E-state index contributed by atoms with van der Waals surface area (Å²) in [4.78, 5) is 11.1. The highest BCUT2D eigenvalue weighted by Gasteiger charge is 2.27. The molecule has 0 fully saturated rings. The number of nitrogens with one attached hydrogen (secondary N) is 1. The van der Waals surface area contributed by atoms with Crippen LogP contribution in [0.5, 0.6) is 5.75 Å². The van der Waals surface area contributed by atoms with Crippen molar-refractivity contribution in [1.29, 1.82) is 0 Å². The Morgan fingerprint density at radius 1 is 1.24 bits per heavy atom. The highest BCUT2D eigenvalue weighted by molar-refractivity contribution is 7.89. The van der Waals surface area contributed by atoms with Crippen molar-refractivity contribution >= 4 is 16.0 Å². The predicted molar refractivity (Wildman–Crippen MR) is 92.1 cm³/mol. The van der Waals surface area contributed by atoms with Gasteiger partial charge in [-0.05, 0) is 30.7 Å². The molecule has 25 heavy (non-hydrogen) atoms. The molecule has 1 aliphatic heterocycles. The van der Waals surface area contributed by atoms with E-state index < -0.39 is 22.0 Å². The van der Waals surface area contributed by atoms with Gasteiger partial charge in [0.2, 0.25) is 10.0 Å². The van der Waals surface area contributed by atoms with Crippen LogP contribution in [0.1, 0.15) is 29.2 Å². The SMILES string of the molecule is Cc1ccc(S(=O)(=O)NC2CCOc3cc(CC(=O)O)ccc32)cc1. The number of aryl methyl sites for hydroxylation is 1. The summed E-state index contributed by atoms with van der Waals surface area (Å²) in [6.45, 7) is 2.26. The second-order valence-electron chi connectivity index (χ2n) is 6.07. The van der Waals surface area contributed by atoms with E-state index >= 15 is 0 Å². The molecule has 0 bridgehead atoms. The van der Waals surface area contributed by atoms with Gasteiger partial charge in [-0.25, -0.2) is 13.1 Å². The second kappa shape index (κ2) is 6.85. The lowest BCUT2D eigenvalue weighted by atomic mass is 9.99. The molecule has 2 aromatic carbocycles. The van der Waals surface area contributed by atoms with Crippen molar-refractivity contribution in [2.75, 3.05) is 6.61 Å². The number of hydrogen-bond donors (Lipinski definition) is 2. The fourth-order valence-corrected chi connectivity index (χ4v) is 4.06. The molecule has 0 saturated carbocycles. The fourth-order valence-electron chi connectivity index (χ4n) is 2.81. The number of benzene rings is 2. The molecule has 6 nitrogen and oxygen atoms in total. The molecular weight excluding hydrogens is 342 g/mol. The van der Waals surface area contributed by atoms with Gasteiger partial charge in [0.15, 0.2) is 0 Å². The van der Waals surface area contributed by atoms with E-state index in [2.05, 4.69) is 4.72 Å². The van der Waals surface area contributed by atoms with E-state index in [4.69, 9.17) is 9.84 Å². The summed E-state index contributed by atoms with van der Waals surface area (Å²) in [5.74, 6) is -0.394. The molecule has 1 aliphatic rings. The van der Waals surface area contributed by atoms with Crippen molar-refractivity contribution in [1.82, 2.24) is 4.72 Å². The first-order valence-corrected chi connectivity index (χ1v) is 9.40. The van der Waals surface area contributed by atoms with E-state index in [1.165, 1.54) is 0 Å². The van der Waals surface area contributed by atoms with E-state index in [9.17, 15) is 13.2 Å². The summed E-state index contributed by atoms with van der Waals surface area (Å²) in [6.07, 6.45) is 0.409. The van der Waals surface area contributed by atoms with Gasteiger partial charge in [0.1, 0.15) is 5.75 Å². The molecule has 1 unspecified atom stereocenters. The first-order chi connectivity index (χ1) is 11.8. The molecule has 0 saturated heterocycles. The Morgan fingerprint density at radius 3 is 2.64 bits per heavy atom. The van der Waals surface area contributed by atoms with Crippen LogP contribution in [0.25, 0.3) is 0 Å². The van der Waals surface area contributed by atoms with Crippen LogP contribution in [-0.2, 0) is 21.2 Å². The normalized spacial score (nSPS) is 16.8. The Labute approximate surface area is 146 Å². The number of carbonyl (C=O) groups is 1. The predicted octanol–water partition coefficient (Wildman–Crippen LogP) is 2.42. The van der Waals surface area contributed by atoms with Crippen LogP contribution in [0, 0.1) is 6.92 Å². The minimum atomic E-state index is -3.65. The summed E-state index contributed by atoms with van der Waals surface area (Å²) in [7, 11) is -3.65. The van der Waals surface area contributed by atoms with Gasteiger partial charge in [-0.2, -0.15) is 0 Å². The van der Waals surface area contributed by atoms with Gasteiger partial charge in [0.25, 0.3) is 0 Å². The van der Waals surface area contributed by atoms with Gasteiger partial charge in [-0.3, -0.25) is 4.79 Å². The number of sulfonamides is 1. The van der Waals surface area contributed by atoms with Crippen molar-refractivity contribution in [3.05, 3.63) is 59.2 Å². The van der Waals surface area contributed by atoms with Crippen molar-refractivity contribution in [3.8, 4) is 5.75 Å². The molecule has 0 aromatic heterocycles. The van der Waals surface area contributed by atoms with Crippen LogP contribution >= 0.6 is 0 Å². The minimum absolute atomic E-state index is 0.101. The van der Waals surface area contributed by atoms with Crippen molar-refractivity contribution in [2.45, 2.75) is 30.7 Å². The molecule has 1 heterocycles. The maximum Gasteiger partial charge on any atom is 0.307 e. The van der Waals surface area contributed by atoms with Crippen molar-refractivity contribution in [2.24, 2.45) is 0 Å². The quantitative estimate of drug-likeness (QED) is 0.853. The molecule has 0 aliphatic carbocycles. The van der Waals surface area contributed by atoms with Crippen LogP contribution in [0.3, 0.4) is 0 Å². The van der Waals surface area contributed by atoms with E-state index in [0.29, 0.717) is 24.3 Å². The third-order valence-corrected chi connectivity index (χ3v) is 5.59. The average molecular weight is 361 g/mol. The van der Waals surface area contributed by atoms with Gasteiger partial charge >= 0.3 is 5.97 Å². The van der Waals surface area contributed by atoms with Crippen LogP contribution in [0.15, 0.2) is 47.4 Å². The Morgan fingerprint density at radius 2 is 1.96 bits per heavy atom. The van der Waals surface area contributed by atoms with Gasteiger partial charge in [0.05, 0.1) is 24.0 Å². The molecule has 0 radical (unpaired) electrons. The standard InChI is InChI=1S/C18H19NO5S/c1-12-2-5-14(6-3-12)25(22,23)19-16-8-9-24-17-10-13(11-18(20)21)4-7-15(16)17/h2-7,10,16,19H,8-9,11H2,1H3,(H,20,21). The number of carboxylic acids is 1. The Balaban J connectivity index is 1.85. The summed E-state index contributed by atoms with van der Waals surface area (Å²) in [5, 5.41) is 8.89. The van der Waals surface area contributed by atoms with Gasteiger partial charge in [-0.1, -0.05) is 29.8 Å². The lowest BCUT2D eigenvalue weighted by Gasteiger charge is -2.27. The zero-order valence-electron chi connectivity index (χ0n) is 13.7. The van der Waals surface area contributed by atoms with Crippen molar-refractivity contribution < 1.29 is 23.1 Å². The molecule has 1 atom stereocenters. The first-order valence-electron chi connectivity index (χ1n) is 7.91. The van der Waals surface area contributed by atoms with Gasteiger partial charge in [0, 0.05) is 12.0 Å². The van der Waals surface area contributed by atoms with Crippen LogP contribution < -0.4 is 9.46 Å². The Kier molecular flexibility index (Phi) is 4.78. The molecule has 3 rings (SSSR count). The molecular formula is C18H19NO5S. The summed E-state index contributed by atoms with van der Waals surface area (Å²) in [5.41, 5.74) is 2.32. The zero-order chi connectivity index (χ0) is 18.0. The third-order valence-electron chi connectivity index (χ3n) is 4.10. The molecule has 132 valence electrons. The summed E-state index contributed by atoms with van der Waals surface area (Å²) < 4.78 is 33.5. The monoisotopic (exact) mass is 361 g/mol. The number of aliphatic carboxylic acids is 1. The smallest absolute Gasteiger partial charge is 0.307 e. The summed E-state index contributed by atoms with van der Waals surface area (Å²) >= 11 is 0. The van der Waals surface area contributed by atoms with Gasteiger partial charge in [-0.15, -0.1) is 0 Å². The van der Waals surface area contributed by atoms with Crippen LogP contribution in [0.4, 0.5) is 0 Å². The molecule has 0 spiro atoms. The largest absolute Gasteiger partial charge is 0.493 e. The van der Waals surface area contributed by atoms with Crippen LogP contribution in [-0.4, -0.2) is 26.1 Å². The Bertz CT molecular complexity index is 890. The first kappa shape index (κ1) is 17.4. The average Bonchev–Trinajstić information content (AvgIpc) is 2.54. The van der Waals surface area contributed by atoms with E-state index in [0.717, 1.165) is 11.1 Å². The number of hydrogen-bond acceptors (Lipinski definition) is 4. The number of ether oxygens (including phenoxy) is 1. The van der Waals surface area contributed by atoms with E-state index in [-0.39, 0.29) is 11.3 Å². The maximum atomic E-state index is 12.6. The molecule has 0 amide bonds. The van der Waals surface area contributed by atoms with E-state index in [1.54, 1.807) is 42.5 Å². The maximum absolute atomic E-state index is 12.6. The highest BCUT2D eigenvalue weighted by atomic mass is 32.2. The molecule has 2 N–H and O–H groups in total. The number of rotatable bonds is 5. The van der Waals surface area contributed by atoms with E-state index in [1.807, 2.05) is 6.92 Å². The Hall–Kier alpha value is -2.38. The zero-order valence-corrected chi connectivity index (χ0v) is 14.5. The number of carboxylic acid groups (broad SMARTS) is 1. The minimum Gasteiger partial charge on any atom is -0.493 e. The van der Waals surface area contributed by atoms with Crippen molar-refractivity contribution in [3.63, 3.8) is 0 Å². The van der Waals surface area contributed by atoms with Gasteiger partial charge < -0.3 is 9.84 Å². The molecule has 7 heteroatoms. The third kappa shape index (κ3) is 4.00. The fraction of sp³-hybridized carbons (Fsp3) is 0.278. The lowest BCUT2D eigenvalue weighted by molar-refractivity contribution is -0.136. The lowest BCUT2D eigenvalue weighted by Crippen LogP contribution is -2.32.